The van der Waals surface area contributed by atoms with Gasteiger partial charge in [0.2, 0.25) is 5.95 Å². The monoisotopic (exact) mass is 375 g/mol. The van der Waals surface area contributed by atoms with Crippen molar-refractivity contribution >= 4 is 29.0 Å². The Balaban J connectivity index is 1.50. The predicted octanol–water partition coefficient (Wildman–Crippen LogP) is 4.74. The third-order valence-corrected chi connectivity index (χ3v) is 5.71. The molecule has 2 heterocycles. The first kappa shape index (κ1) is 16.5. The van der Waals surface area contributed by atoms with E-state index in [0.29, 0.717) is 23.0 Å². The topological polar surface area (TPSA) is 46.1 Å². The highest BCUT2D eigenvalue weighted by atomic mass is 35.5. The Labute approximate surface area is 162 Å². The van der Waals surface area contributed by atoms with Crippen molar-refractivity contribution in [1.82, 2.24) is 9.97 Å². The van der Waals surface area contributed by atoms with E-state index in [9.17, 15) is 4.79 Å². The molecule has 0 fully saturated rings. The smallest absolute Gasteiger partial charge is 0.230 e. The number of nitrogens with zero attached hydrogens (tertiary/aromatic N) is 3. The second-order valence-electron chi connectivity index (χ2n) is 7.14. The van der Waals surface area contributed by atoms with E-state index in [0.717, 1.165) is 36.3 Å². The number of carbonyl (C=O) groups is 1. The third-order valence-electron chi connectivity index (χ3n) is 5.48. The van der Waals surface area contributed by atoms with E-state index in [1.807, 2.05) is 30.3 Å². The van der Waals surface area contributed by atoms with E-state index in [1.54, 1.807) is 6.20 Å². The van der Waals surface area contributed by atoms with Crippen molar-refractivity contribution < 1.29 is 4.79 Å². The minimum absolute atomic E-state index is 0.106. The van der Waals surface area contributed by atoms with E-state index in [1.165, 1.54) is 5.56 Å². The van der Waals surface area contributed by atoms with Crippen LogP contribution in [0.4, 0.5) is 11.6 Å². The molecule has 3 aromatic rings. The number of rotatable bonds is 2. The summed E-state index contributed by atoms with van der Waals surface area (Å²) in [4.78, 5) is 24.1. The lowest BCUT2D eigenvalue weighted by Crippen LogP contribution is -2.23. The highest BCUT2D eigenvalue weighted by molar-refractivity contribution is 6.30. The predicted molar refractivity (Wildman–Crippen MR) is 106 cm³/mol. The Kier molecular flexibility index (Phi) is 3.94. The first-order chi connectivity index (χ1) is 13.2. The second kappa shape index (κ2) is 6.46. The van der Waals surface area contributed by atoms with Crippen LogP contribution in [-0.2, 0) is 12.8 Å². The van der Waals surface area contributed by atoms with Crippen LogP contribution in [-0.4, -0.2) is 22.3 Å². The van der Waals surface area contributed by atoms with Gasteiger partial charge in [0.05, 0.1) is 11.3 Å². The molecule has 5 heteroatoms. The molecule has 1 aliphatic carbocycles. The Morgan fingerprint density at radius 2 is 1.96 bits per heavy atom. The van der Waals surface area contributed by atoms with Gasteiger partial charge < -0.3 is 4.90 Å². The van der Waals surface area contributed by atoms with E-state index >= 15 is 0 Å². The summed E-state index contributed by atoms with van der Waals surface area (Å²) in [6.45, 7) is 0.865. The van der Waals surface area contributed by atoms with Gasteiger partial charge in [0.15, 0.2) is 5.78 Å². The number of hydrogen-bond donors (Lipinski definition) is 0. The molecule has 0 radical (unpaired) electrons. The summed E-state index contributed by atoms with van der Waals surface area (Å²) in [5.41, 5.74) is 5.06. The van der Waals surface area contributed by atoms with Crippen molar-refractivity contribution in [2.24, 2.45) is 0 Å². The fraction of sp³-hybridized carbons (Fsp3) is 0.227. The van der Waals surface area contributed by atoms with Gasteiger partial charge in [-0.15, -0.1) is 0 Å². The Morgan fingerprint density at radius 3 is 2.85 bits per heavy atom. The number of aromatic nitrogens is 2. The molecule has 0 spiro atoms. The van der Waals surface area contributed by atoms with Crippen LogP contribution in [0.5, 0.6) is 0 Å². The number of anilines is 2. The summed E-state index contributed by atoms with van der Waals surface area (Å²) < 4.78 is 0. The lowest BCUT2D eigenvalue weighted by Gasteiger charge is -2.25. The average molecular weight is 376 g/mol. The van der Waals surface area contributed by atoms with Gasteiger partial charge in [0.1, 0.15) is 0 Å². The molecule has 1 aliphatic heterocycles. The number of hydrogen-bond acceptors (Lipinski definition) is 4. The van der Waals surface area contributed by atoms with Crippen LogP contribution in [0.15, 0.2) is 54.7 Å². The molecule has 2 aliphatic rings. The maximum Gasteiger partial charge on any atom is 0.230 e. The molecule has 0 N–H and O–H groups in total. The molecule has 5 rings (SSSR count). The third kappa shape index (κ3) is 2.90. The molecular weight excluding hydrogens is 358 g/mol. The zero-order valence-corrected chi connectivity index (χ0v) is 15.5. The minimum atomic E-state index is 0.106. The first-order valence-electron chi connectivity index (χ1n) is 9.19. The number of carbonyl (C=O) groups excluding carboxylic acids is 1. The lowest BCUT2D eigenvalue weighted by atomic mass is 9.82. The summed E-state index contributed by atoms with van der Waals surface area (Å²) >= 11 is 6.14. The Hall–Kier alpha value is -2.72. The highest BCUT2D eigenvalue weighted by Crippen LogP contribution is 2.36. The number of para-hydroxylation sites is 1. The van der Waals surface area contributed by atoms with Crippen LogP contribution in [0.3, 0.4) is 0 Å². The van der Waals surface area contributed by atoms with Crippen LogP contribution in [0.1, 0.15) is 39.5 Å². The van der Waals surface area contributed by atoms with Crippen molar-refractivity contribution in [3.8, 4) is 0 Å². The molecule has 1 atom stereocenters. The van der Waals surface area contributed by atoms with Crippen LogP contribution in [0.25, 0.3) is 0 Å². The normalized spacial score (nSPS) is 18.3. The molecule has 1 aromatic heterocycles. The van der Waals surface area contributed by atoms with Crippen molar-refractivity contribution in [2.45, 2.75) is 25.2 Å². The summed E-state index contributed by atoms with van der Waals surface area (Å²) in [5, 5.41) is 0.697. The van der Waals surface area contributed by atoms with Crippen LogP contribution >= 0.6 is 11.6 Å². The number of Topliss-reactive ketones (excluding diaryl/α,β-unsaturated/α-hetero) is 1. The van der Waals surface area contributed by atoms with Gasteiger partial charge >= 0.3 is 0 Å². The van der Waals surface area contributed by atoms with Gasteiger partial charge in [-0.25, -0.2) is 9.97 Å². The summed E-state index contributed by atoms with van der Waals surface area (Å²) in [7, 11) is 0. The van der Waals surface area contributed by atoms with Gasteiger partial charge in [0, 0.05) is 29.9 Å². The zero-order chi connectivity index (χ0) is 18.4. The van der Waals surface area contributed by atoms with Crippen molar-refractivity contribution in [1.29, 1.82) is 0 Å². The van der Waals surface area contributed by atoms with Crippen molar-refractivity contribution in [3.63, 3.8) is 0 Å². The second-order valence-corrected chi connectivity index (χ2v) is 7.58. The van der Waals surface area contributed by atoms with Crippen LogP contribution in [0, 0.1) is 0 Å². The summed E-state index contributed by atoms with van der Waals surface area (Å²) in [6, 6.07) is 16.1. The summed E-state index contributed by atoms with van der Waals surface area (Å²) in [5.74, 6) is 0.894. The fourth-order valence-electron chi connectivity index (χ4n) is 4.11. The zero-order valence-electron chi connectivity index (χ0n) is 14.7. The lowest BCUT2D eigenvalue weighted by molar-refractivity contribution is 0.0962. The van der Waals surface area contributed by atoms with Gasteiger partial charge in [0.25, 0.3) is 0 Å². The van der Waals surface area contributed by atoms with Gasteiger partial charge in [-0.3, -0.25) is 4.79 Å². The molecule has 1 unspecified atom stereocenters. The largest absolute Gasteiger partial charge is 0.310 e. The number of halogens is 1. The quantitative estimate of drug-likeness (QED) is 0.649. The molecule has 4 nitrogen and oxygen atoms in total. The van der Waals surface area contributed by atoms with Crippen molar-refractivity contribution in [2.75, 3.05) is 11.4 Å². The highest BCUT2D eigenvalue weighted by Gasteiger charge is 2.30. The molecule has 27 heavy (non-hydrogen) atoms. The molecule has 2 aromatic carbocycles. The maximum atomic E-state index is 12.7. The minimum Gasteiger partial charge on any atom is -0.310 e. The molecule has 0 bridgehead atoms. The molecular formula is C22H18ClN3O. The van der Waals surface area contributed by atoms with Crippen LogP contribution in [0.2, 0.25) is 5.02 Å². The molecule has 0 saturated heterocycles. The van der Waals surface area contributed by atoms with Gasteiger partial charge in [-0.2, -0.15) is 0 Å². The Bertz CT molecular complexity index is 1050. The number of benzene rings is 2. The molecule has 0 saturated carbocycles. The van der Waals surface area contributed by atoms with Crippen molar-refractivity contribution in [3.05, 3.63) is 82.1 Å². The molecule has 0 amide bonds. The number of ketones is 1. The number of fused-ring (bicyclic) bond motifs is 2. The molecule has 134 valence electrons. The first-order valence-corrected chi connectivity index (χ1v) is 9.57. The fourth-order valence-corrected chi connectivity index (χ4v) is 4.31. The SMILES string of the molecule is O=C1CC(c2cccc(Cl)c2)Cc2nc(N3CCc4ccccc43)ncc21. The van der Waals surface area contributed by atoms with Gasteiger partial charge in [-0.05, 0) is 48.1 Å². The van der Waals surface area contributed by atoms with E-state index in [-0.39, 0.29) is 11.7 Å². The Morgan fingerprint density at radius 1 is 1.07 bits per heavy atom. The van der Waals surface area contributed by atoms with E-state index in [4.69, 9.17) is 16.6 Å². The van der Waals surface area contributed by atoms with Gasteiger partial charge in [-0.1, -0.05) is 41.9 Å². The maximum absolute atomic E-state index is 12.7. The standard InChI is InChI=1S/C22H18ClN3O/c23-17-6-3-5-15(10-17)16-11-19-18(21(27)12-16)13-24-22(25-19)26-9-8-14-4-1-2-7-20(14)26/h1-7,10,13,16H,8-9,11-12H2. The van der Waals surface area contributed by atoms with E-state index < -0.39 is 0 Å². The van der Waals surface area contributed by atoms with E-state index in [2.05, 4.69) is 28.1 Å². The van der Waals surface area contributed by atoms with Crippen LogP contribution < -0.4 is 4.90 Å². The summed E-state index contributed by atoms with van der Waals surface area (Å²) in [6.07, 6.45) is 3.89. The average Bonchev–Trinajstić information content (AvgIpc) is 3.11.